The fourth-order valence-corrected chi connectivity index (χ4v) is 5.64. The number of aromatic nitrogens is 4. The minimum atomic E-state index is -1.09. The van der Waals surface area contributed by atoms with Crippen molar-refractivity contribution < 1.29 is 14.6 Å². The van der Waals surface area contributed by atoms with Gasteiger partial charge in [-0.05, 0) is 66.7 Å². The minimum Gasteiger partial charge on any atom is -0.496 e. The number of hydrogen-bond donors (Lipinski definition) is 2. The molecule has 3 aromatic carbocycles. The number of hydrogen-bond acceptors (Lipinski definition) is 5. The van der Waals surface area contributed by atoms with Crippen LogP contribution in [0.5, 0.6) is 5.75 Å². The van der Waals surface area contributed by atoms with Crippen LogP contribution in [0.2, 0.25) is 15.1 Å². The third-order valence-electron chi connectivity index (χ3n) is 6.19. The fraction of sp³-hybridized carbons (Fsp3) is 0.107. The number of aliphatic carboxylic acids is 1. The van der Waals surface area contributed by atoms with Crippen molar-refractivity contribution in [2.45, 2.75) is 18.6 Å². The van der Waals surface area contributed by atoms with Gasteiger partial charge in [0.25, 0.3) is 0 Å². The molecule has 0 saturated heterocycles. The number of halogens is 3. The first-order valence-electron chi connectivity index (χ1n) is 11.7. The lowest BCUT2D eigenvalue weighted by atomic mass is 10.1. The van der Waals surface area contributed by atoms with Crippen LogP contribution in [-0.4, -0.2) is 37.9 Å². The molecule has 5 rings (SSSR count). The quantitative estimate of drug-likeness (QED) is 0.139. The number of nitrogens with one attached hydrogen (secondary N) is 1. The molecular weight excluding hydrogens is 579 g/mol. The number of para-hydroxylation sites is 1. The van der Waals surface area contributed by atoms with Crippen LogP contribution >= 0.6 is 46.6 Å². The molecule has 39 heavy (non-hydrogen) atoms. The molecule has 0 bridgehead atoms. The lowest BCUT2D eigenvalue weighted by molar-refractivity contribution is -0.131. The molecular formula is C28H21Cl3N4O3S. The van der Waals surface area contributed by atoms with Gasteiger partial charge in [0.2, 0.25) is 5.16 Å². The highest BCUT2D eigenvalue weighted by molar-refractivity contribution is 8.04. The van der Waals surface area contributed by atoms with Crippen molar-refractivity contribution in [1.82, 2.24) is 19.7 Å². The van der Waals surface area contributed by atoms with Crippen LogP contribution in [0.1, 0.15) is 16.8 Å². The first kappa shape index (κ1) is 27.1. The monoisotopic (exact) mass is 598 g/mol. The van der Waals surface area contributed by atoms with Crippen molar-refractivity contribution in [3.05, 3.63) is 97.5 Å². The van der Waals surface area contributed by atoms with E-state index in [9.17, 15) is 9.90 Å². The van der Waals surface area contributed by atoms with Crippen LogP contribution in [0.4, 0.5) is 0 Å². The normalized spacial score (nSPS) is 11.8. The number of methoxy groups -OCH3 is 1. The number of rotatable bonds is 8. The molecule has 0 unspecified atom stereocenters. The van der Waals surface area contributed by atoms with Gasteiger partial charge >= 0.3 is 5.97 Å². The highest BCUT2D eigenvalue weighted by Gasteiger charge is 2.20. The van der Waals surface area contributed by atoms with E-state index in [2.05, 4.69) is 19.7 Å². The van der Waals surface area contributed by atoms with Gasteiger partial charge in [-0.1, -0.05) is 59.1 Å². The van der Waals surface area contributed by atoms with Gasteiger partial charge in [0.1, 0.15) is 10.7 Å². The van der Waals surface area contributed by atoms with Crippen molar-refractivity contribution in [3.8, 4) is 17.1 Å². The molecule has 0 aliphatic carbocycles. The zero-order valence-corrected chi connectivity index (χ0v) is 23.8. The Hall–Kier alpha value is -3.43. The maximum absolute atomic E-state index is 12.3. The molecule has 0 radical (unpaired) electrons. The zero-order chi connectivity index (χ0) is 27.7. The van der Waals surface area contributed by atoms with E-state index in [0.717, 1.165) is 39.5 Å². The molecule has 0 aliphatic heterocycles. The summed E-state index contributed by atoms with van der Waals surface area (Å²) in [5.41, 5.74) is 4.15. The second-order valence-corrected chi connectivity index (χ2v) is 10.9. The Morgan fingerprint density at radius 1 is 1.10 bits per heavy atom. The van der Waals surface area contributed by atoms with Gasteiger partial charge in [-0.3, -0.25) is 5.10 Å². The standard InChI is InChI=1S/C28H21Cl3N4O3S/c1-15-20(19-5-3-4-6-23(19)35(15)14-16-7-8-18(30)12-22(16)31)13-25(27(36)37)39-28-32-26(33-34-28)21-11-17(29)9-10-24(21)38-2/h3-13H,14H2,1-2H3,(H,36,37)(H,32,33,34)/b25-13-. The average molecular weight is 600 g/mol. The molecule has 2 heterocycles. The smallest absolute Gasteiger partial charge is 0.342 e. The maximum atomic E-state index is 12.3. The highest BCUT2D eigenvalue weighted by Crippen LogP contribution is 2.35. The summed E-state index contributed by atoms with van der Waals surface area (Å²) in [6.45, 7) is 2.45. The molecule has 0 fully saturated rings. The summed E-state index contributed by atoms with van der Waals surface area (Å²) in [7, 11) is 1.55. The van der Waals surface area contributed by atoms with E-state index < -0.39 is 5.97 Å². The van der Waals surface area contributed by atoms with Crippen LogP contribution in [0.3, 0.4) is 0 Å². The summed E-state index contributed by atoms with van der Waals surface area (Å²) in [6.07, 6.45) is 1.65. The summed E-state index contributed by atoms with van der Waals surface area (Å²) in [6, 6.07) is 18.4. The molecule has 7 nitrogen and oxygen atoms in total. The van der Waals surface area contributed by atoms with Gasteiger partial charge in [0, 0.05) is 43.8 Å². The van der Waals surface area contributed by atoms with E-state index in [1.807, 2.05) is 37.3 Å². The number of fused-ring (bicyclic) bond motifs is 1. The number of carbonyl (C=O) groups is 1. The first-order chi connectivity index (χ1) is 18.7. The maximum Gasteiger partial charge on any atom is 0.342 e. The lowest BCUT2D eigenvalue weighted by Gasteiger charge is -2.11. The summed E-state index contributed by atoms with van der Waals surface area (Å²) >= 11 is 19.6. The number of benzene rings is 3. The highest BCUT2D eigenvalue weighted by atomic mass is 35.5. The molecule has 0 atom stereocenters. The topological polar surface area (TPSA) is 93.0 Å². The Morgan fingerprint density at radius 3 is 2.59 bits per heavy atom. The molecule has 2 N–H and O–H groups in total. The van der Waals surface area contributed by atoms with Crippen molar-refractivity contribution in [2.75, 3.05) is 7.11 Å². The summed E-state index contributed by atoms with van der Waals surface area (Å²) < 4.78 is 7.51. The van der Waals surface area contributed by atoms with Crippen LogP contribution < -0.4 is 4.74 Å². The Balaban J connectivity index is 1.53. The summed E-state index contributed by atoms with van der Waals surface area (Å²) in [5.74, 6) is -0.122. The Bertz CT molecular complexity index is 1750. The number of ether oxygens (including phenoxy) is 1. The Kier molecular flexibility index (Phi) is 7.91. The van der Waals surface area contributed by atoms with E-state index in [1.54, 1.807) is 43.5 Å². The zero-order valence-electron chi connectivity index (χ0n) is 20.7. The minimum absolute atomic E-state index is 0.0640. The molecule has 0 spiro atoms. The summed E-state index contributed by atoms with van der Waals surface area (Å²) in [4.78, 5) is 16.9. The third-order valence-corrected chi connectivity index (χ3v) is 7.89. The number of H-pyrrole nitrogens is 1. The van der Waals surface area contributed by atoms with Crippen LogP contribution in [-0.2, 0) is 11.3 Å². The van der Waals surface area contributed by atoms with Gasteiger partial charge in [-0.2, -0.15) is 0 Å². The van der Waals surface area contributed by atoms with Gasteiger partial charge in [0.05, 0.1) is 12.7 Å². The average Bonchev–Trinajstić information content (AvgIpc) is 3.48. The van der Waals surface area contributed by atoms with E-state index in [1.165, 1.54) is 0 Å². The van der Waals surface area contributed by atoms with Crippen LogP contribution in [0.25, 0.3) is 28.4 Å². The molecule has 5 aromatic rings. The number of nitrogens with zero attached hydrogens (tertiary/aromatic N) is 3. The molecule has 11 heteroatoms. The SMILES string of the molecule is COc1ccc(Cl)cc1-c1nc(S/C(=C\c2c(C)n(Cc3ccc(Cl)cc3Cl)c3ccccc23)C(=O)O)n[nH]1. The van der Waals surface area contributed by atoms with E-state index >= 15 is 0 Å². The Morgan fingerprint density at radius 2 is 1.85 bits per heavy atom. The van der Waals surface area contributed by atoms with Crippen molar-refractivity contribution >= 4 is 69.5 Å². The van der Waals surface area contributed by atoms with Gasteiger partial charge < -0.3 is 14.4 Å². The molecule has 2 aromatic heterocycles. The second-order valence-electron chi connectivity index (χ2n) is 8.57. The van der Waals surface area contributed by atoms with Crippen LogP contribution in [0, 0.1) is 6.92 Å². The van der Waals surface area contributed by atoms with Gasteiger partial charge in [-0.25, -0.2) is 9.78 Å². The molecule has 0 saturated carbocycles. The first-order valence-corrected chi connectivity index (χ1v) is 13.6. The second kappa shape index (κ2) is 11.4. The predicted molar refractivity (Wildman–Crippen MR) is 157 cm³/mol. The van der Waals surface area contributed by atoms with Crippen LogP contribution in [0.15, 0.2) is 70.7 Å². The number of aromatic amines is 1. The van der Waals surface area contributed by atoms with Crippen molar-refractivity contribution in [2.24, 2.45) is 0 Å². The third kappa shape index (κ3) is 5.65. The van der Waals surface area contributed by atoms with E-state index in [-0.39, 0.29) is 10.1 Å². The summed E-state index contributed by atoms with van der Waals surface area (Å²) in [5, 5.41) is 19.9. The fourth-order valence-electron chi connectivity index (χ4n) is 4.31. The van der Waals surface area contributed by atoms with Gasteiger partial charge in [-0.15, -0.1) is 5.10 Å². The van der Waals surface area contributed by atoms with E-state index in [0.29, 0.717) is 38.8 Å². The van der Waals surface area contributed by atoms with E-state index in [4.69, 9.17) is 39.5 Å². The molecule has 0 aliphatic rings. The number of carboxylic acids is 1. The molecule has 198 valence electrons. The van der Waals surface area contributed by atoms with Gasteiger partial charge in [0.15, 0.2) is 5.82 Å². The predicted octanol–water partition coefficient (Wildman–Crippen LogP) is 7.97. The number of carboxylic acid groups (broad SMARTS) is 1. The molecule has 0 amide bonds. The van der Waals surface area contributed by atoms with Crippen molar-refractivity contribution in [1.29, 1.82) is 0 Å². The Labute approximate surface area is 243 Å². The largest absolute Gasteiger partial charge is 0.496 e. The van der Waals surface area contributed by atoms with Crippen molar-refractivity contribution in [3.63, 3.8) is 0 Å². The lowest BCUT2D eigenvalue weighted by Crippen LogP contribution is -2.03. The number of thioether (sulfide) groups is 1.